The Labute approximate surface area is 601 Å². The summed E-state index contributed by atoms with van der Waals surface area (Å²) in [6, 6.07) is 113. The minimum atomic E-state index is -1.97. The number of benzene rings is 12. The van der Waals surface area contributed by atoms with Crippen molar-refractivity contribution in [3.63, 3.8) is 0 Å². The Balaban J connectivity index is 0.000000180. The summed E-state index contributed by atoms with van der Waals surface area (Å²) in [6.07, 6.45) is 22.8. The summed E-state index contributed by atoms with van der Waals surface area (Å²) in [6.45, 7) is 0. The van der Waals surface area contributed by atoms with Crippen LogP contribution in [0, 0.1) is 48.9 Å². The van der Waals surface area contributed by atoms with Gasteiger partial charge in [-0.15, -0.1) is 75.8 Å². The number of hydrogen-bond acceptors (Lipinski definition) is 2. The molecule has 0 saturated heterocycles. The fourth-order valence-corrected chi connectivity index (χ4v) is 30.9. The van der Waals surface area contributed by atoms with Crippen LogP contribution in [0.4, 0.5) is 0 Å². The summed E-state index contributed by atoms with van der Waals surface area (Å²) in [4.78, 5) is 0. The number of rotatable bonds is 13. The Morgan fingerprint density at radius 2 is 0.543 bits per heavy atom. The van der Waals surface area contributed by atoms with E-state index < -0.39 is 31.0 Å². The van der Waals surface area contributed by atoms with Crippen molar-refractivity contribution in [1.29, 1.82) is 0 Å². The van der Waals surface area contributed by atoms with E-state index in [9.17, 15) is 0 Å². The summed E-state index contributed by atoms with van der Waals surface area (Å²) in [5, 5.41) is 16.3. The van der Waals surface area contributed by atoms with Gasteiger partial charge in [0.15, 0.2) is 11.8 Å². The van der Waals surface area contributed by atoms with Crippen LogP contribution in [0.1, 0.15) is 22.3 Å². The smallest absolute Gasteiger partial charge is 0.366 e. The van der Waals surface area contributed by atoms with Gasteiger partial charge in [-0.2, -0.15) is 0 Å². The van der Waals surface area contributed by atoms with Crippen LogP contribution in [0.5, 0.6) is 0 Å². The second-order valence-corrected chi connectivity index (χ2v) is 36.0. The largest absolute Gasteiger partial charge is 1.00 e. The predicted octanol–water partition coefficient (Wildman–Crippen LogP) is 17.4. The first-order chi connectivity index (χ1) is 44.0. The van der Waals surface area contributed by atoms with Gasteiger partial charge in [-0.1, -0.05) is 176 Å². The zero-order chi connectivity index (χ0) is 60.6. The minimum Gasteiger partial charge on any atom is -0.366 e. The fourth-order valence-electron chi connectivity index (χ4n) is 11.5. The molecule has 0 aliphatic rings. The third-order valence-corrected chi connectivity index (χ3v) is 34.0. The van der Waals surface area contributed by atoms with E-state index in [-0.39, 0.29) is 67.1 Å². The number of hydrogen-bond donors (Lipinski definition) is 0. The van der Waals surface area contributed by atoms with Gasteiger partial charge in [0.05, 0.1) is 0 Å². The fraction of sp³-hybridized carbons (Fsp3) is 0.0361. The second kappa shape index (κ2) is 34.4. The average molecular weight is 1840 g/mol. The van der Waals surface area contributed by atoms with Crippen LogP contribution in [-0.2, 0) is 67.1 Å². The van der Waals surface area contributed by atoms with Crippen LogP contribution >= 0.6 is 53.7 Å². The molecule has 2 aromatic heterocycles. The molecule has 14 aromatic rings. The van der Waals surface area contributed by atoms with Gasteiger partial charge in [0.25, 0.3) is 0 Å². The van der Waals surface area contributed by atoms with E-state index in [1.54, 1.807) is 22.7 Å². The summed E-state index contributed by atoms with van der Waals surface area (Å²) < 4.78 is 4.86. The van der Waals surface area contributed by atoms with Gasteiger partial charge in [0, 0.05) is 29.7 Å². The Morgan fingerprint density at radius 3 is 0.826 bits per heavy atom. The maximum atomic E-state index is 7.61. The molecule has 92 heavy (non-hydrogen) atoms. The molecule has 2 heterocycles. The van der Waals surface area contributed by atoms with Gasteiger partial charge in [0.1, 0.15) is 79.6 Å². The predicted molar refractivity (Wildman–Crippen MR) is 399 cm³/mol. The van der Waals surface area contributed by atoms with Gasteiger partial charge in [-0.3, -0.25) is 17.8 Å². The molecular weight excluding hydrogens is 1780 g/mol. The van der Waals surface area contributed by atoms with Gasteiger partial charge >= 0.3 is 67.1 Å². The molecule has 0 saturated carbocycles. The second-order valence-electron chi connectivity index (χ2n) is 21.5. The molecule has 0 nitrogen and oxygen atoms in total. The maximum Gasteiger partial charge on any atom is 1.00 e. The van der Waals surface area contributed by atoms with E-state index in [1.165, 1.54) is 77.9 Å². The van der Waals surface area contributed by atoms with Crippen molar-refractivity contribution in [3.05, 3.63) is 357 Å². The van der Waals surface area contributed by atoms with E-state index >= 15 is 0 Å². The quantitative estimate of drug-likeness (QED) is 0.0467. The van der Waals surface area contributed by atoms with Gasteiger partial charge in [-0.05, 0) is 131 Å². The van der Waals surface area contributed by atoms with E-state index in [0.29, 0.717) is 0 Å². The van der Waals surface area contributed by atoms with E-state index in [2.05, 4.69) is 303 Å². The Kier molecular flexibility index (Phi) is 26.0. The topological polar surface area (TPSA) is 0 Å². The first-order valence-electron chi connectivity index (χ1n) is 29.5. The third-order valence-electron chi connectivity index (χ3n) is 16.0. The molecule has 0 fully saturated rings. The van der Waals surface area contributed by atoms with Gasteiger partial charge < -0.3 is 19.3 Å². The van der Waals surface area contributed by atoms with E-state index in [1.807, 2.05) is 42.5 Å². The molecule has 0 aliphatic carbocycles. The molecule has 14 rings (SSSR count). The van der Waals surface area contributed by atoms with Crippen molar-refractivity contribution in [3.8, 4) is 29.6 Å². The molecule has 12 aromatic carbocycles. The van der Waals surface area contributed by atoms with E-state index in [0.717, 1.165) is 45.1 Å². The van der Waals surface area contributed by atoms with Crippen LogP contribution in [0.3, 0.4) is 0 Å². The molecule has 0 atom stereocenters. The summed E-state index contributed by atoms with van der Waals surface area (Å²) in [5.41, 5.74) is 3.39. The molecule has 0 unspecified atom stereocenters. The third kappa shape index (κ3) is 16.8. The van der Waals surface area contributed by atoms with Crippen LogP contribution in [0.15, 0.2) is 315 Å². The number of fused-ring (bicyclic) bond motifs is 6. The molecule has 0 bridgehead atoms. The summed E-state index contributed by atoms with van der Waals surface area (Å²) in [7, 11) is -4.80. The zero-order valence-electron chi connectivity index (χ0n) is 49.8. The standard InChI is InChI=1S/C42H30P2S.C25H22P2.C16H6S.3Au/c1-2-33-25-27-41-39(30-33)40-31-34(26-28-42(40)45-41)16-15-29-44(37-21-11-5-12-22-37,38-23-13-6-14-24-38)32-43(35-17-7-3-8-18-35)36-19-9-4-10-20-36;1-5-13-22(14-6-1)26(23-15-7-2-8-16-23)21-27(24-17-9-3-10-18-24)25-19-11-4-12-20-25;1-3-11-5-7-15-13(9-11)14-10-12(4-2)6-8-16(14)17-15;;;/h3-14,17-28,30-31H,29,32H2;1-20H,21H2;5-10H;;;/q;;-2;3*+1/p+3. The molecular formula is C83H61Au3P4S2+4. The zero-order valence-corrected chi connectivity index (χ0v) is 61.8. The Hall–Kier alpha value is -6.74. The van der Waals surface area contributed by atoms with Crippen molar-refractivity contribution in [2.24, 2.45) is 0 Å². The van der Waals surface area contributed by atoms with Crippen molar-refractivity contribution in [2.45, 2.75) is 0 Å². The maximum absolute atomic E-state index is 7.61. The van der Waals surface area contributed by atoms with Crippen LogP contribution in [0.25, 0.3) is 40.3 Å². The van der Waals surface area contributed by atoms with Crippen molar-refractivity contribution in [1.82, 2.24) is 0 Å². The SMILES string of the molecule is [Au+].[Au+].[Au+].[C-]#Cc1ccc2sc3ccc(C#CC[P+](C[PH+](c4ccccc4)c4ccccc4)(c4ccccc4)c4ccccc4)cc3c2c1.[C-]#Cc1ccc2sc3ccc(C#[C-])cc3c2c1.c1ccc([PH+](C[PH+](c2ccccc2)c2ccccc2)c2ccccc2)cc1. The average Bonchev–Trinajstić information content (AvgIpc) is 0.953. The summed E-state index contributed by atoms with van der Waals surface area (Å²) in [5.74, 6) is 17.0. The first-order valence-corrected chi connectivity index (χ1v) is 38.5. The molecule has 0 spiro atoms. The molecule has 0 amide bonds. The van der Waals surface area contributed by atoms with Crippen molar-refractivity contribution < 1.29 is 67.1 Å². The molecule has 0 radical (unpaired) electrons. The number of thiophene rings is 2. The molecule has 0 N–H and O–H groups in total. The molecule has 454 valence electrons. The molecule has 0 aliphatic heterocycles. The van der Waals surface area contributed by atoms with Gasteiger partial charge in [0.2, 0.25) is 0 Å². The Bertz CT molecular complexity index is 4560. The van der Waals surface area contributed by atoms with Crippen molar-refractivity contribution >= 4 is 136 Å². The van der Waals surface area contributed by atoms with Crippen LogP contribution < -0.4 is 42.4 Å². The van der Waals surface area contributed by atoms with Crippen molar-refractivity contribution in [2.75, 3.05) is 18.0 Å². The monoisotopic (exact) mass is 1840 g/mol. The van der Waals surface area contributed by atoms with Crippen LogP contribution in [-0.4, -0.2) is 18.0 Å². The Morgan fingerprint density at radius 1 is 0.293 bits per heavy atom. The normalized spacial score (nSPS) is 10.7. The van der Waals surface area contributed by atoms with E-state index in [4.69, 9.17) is 19.3 Å². The van der Waals surface area contributed by atoms with Gasteiger partial charge in [-0.25, -0.2) is 0 Å². The molecule has 9 heteroatoms. The summed E-state index contributed by atoms with van der Waals surface area (Å²) >= 11 is 3.51. The minimum absolute atomic E-state index is 0. The first kappa shape index (κ1) is 69.6. The van der Waals surface area contributed by atoms with Crippen LogP contribution in [0.2, 0.25) is 0 Å².